The lowest BCUT2D eigenvalue weighted by Crippen LogP contribution is -2.49. The van der Waals surface area contributed by atoms with E-state index in [2.05, 4.69) is 18.2 Å². The van der Waals surface area contributed by atoms with Crippen molar-refractivity contribution >= 4 is 31.4 Å². The number of piperidine rings is 1. The van der Waals surface area contributed by atoms with Crippen LogP contribution in [0.3, 0.4) is 0 Å². The number of benzene rings is 1. The number of fused-ring (bicyclic) bond motifs is 5. The van der Waals surface area contributed by atoms with Gasteiger partial charge in [0.15, 0.2) is 0 Å². The molecule has 0 saturated carbocycles. The second-order valence-corrected chi connectivity index (χ2v) is 11.3. The third kappa shape index (κ3) is 3.25. The average Bonchev–Trinajstić information content (AvgIpc) is 3.12. The summed E-state index contributed by atoms with van der Waals surface area (Å²) in [6.45, 7) is 3.50. The van der Waals surface area contributed by atoms with Gasteiger partial charge in [0.2, 0.25) is 10.0 Å². The number of thiophene rings is 1. The van der Waals surface area contributed by atoms with E-state index < -0.39 is 10.0 Å². The van der Waals surface area contributed by atoms with Crippen LogP contribution in [0.5, 0.6) is 0 Å². The Morgan fingerprint density at radius 2 is 1.93 bits per heavy atom. The predicted octanol–water partition coefficient (Wildman–Crippen LogP) is 3.89. The first-order chi connectivity index (χ1) is 14.0. The molecule has 4 heterocycles. The summed E-state index contributed by atoms with van der Waals surface area (Å²) in [4.78, 5) is 13.8. The maximum atomic E-state index is 12.7. The third-order valence-electron chi connectivity index (χ3n) is 6.10. The van der Waals surface area contributed by atoms with Crippen molar-refractivity contribution in [2.45, 2.75) is 32.2 Å². The summed E-state index contributed by atoms with van der Waals surface area (Å²) in [5.41, 5.74) is 2.10. The van der Waals surface area contributed by atoms with Crippen LogP contribution in [0, 0.1) is 5.92 Å². The van der Waals surface area contributed by atoms with Crippen LogP contribution >= 0.6 is 11.3 Å². The van der Waals surface area contributed by atoms with Crippen LogP contribution in [-0.2, 0) is 16.6 Å². The van der Waals surface area contributed by atoms with E-state index in [1.807, 2.05) is 29.7 Å². The minimum atomic E-state index is -3.24. The van der Waals surface area contributed by atoms with Crippen LogP contribution in [0.2, 0.25) is 0 Å². The van der Waals surface area contributed by atoms with Gasteiger partial charge in [-0.3, -0.25) is 4.79 Å². The minimum Gasteiger partial charge on any atom is -0.311 e. The van der Waals surface area contributed by atoms with Crippen molar-refractivity contribution < 1.29 is 8.42 Å². The van der Waals surface area contributed by atoms with Gasteiger partial charge in [-0.25, -0.2) is 12.7 Å². The van der Waals surface area contributed by atoms with E-state index in [4.69, 9.17) is 0 Å². The highest BCUT2D eigenvalue weighted by atomic mass is 32.2. The number of sulfonamides is 1. The molecule has 5 rings (SSSR count). The van der Waals surface area contributed by atoms with Gasteiger partial charge in [0.1, 0.15) is 0 Å². The zero-order valence-electron chi connectivity index (χ0n) is 16.4. The number of nitrogens with zero attached hydrogens (tertiary/aromatic N) is 2. The van der Waals surface area contributed by atoms with Crippen LogP contribution in [0.1, 0.15) is 31.4 Å². The fraction of sp³-hybridized carbons (Fsp3) is 0.409. The van der Waals surface area contributed by atoms with E-state index in [1.54, 1.807) is 21.7 Å². The summed E-state index contributed by atoms with van der Waals surface area (Å²) < 4.78 is 30.3. The molecule has 2 aliphatic heterocycles. The minimum absolute atomic E-state index is 0.0180. The molecule has 1 saturated heterocycles. The summed E-state index contributed by atoms with van der Waals surface area (Å²) in [5.74, 6) is 0.448. The van der Waals surface area contributed by atoms with Gasteiger partial charge in [-0.15, -0.1) is 11.3 Å². The van der Waals surface area contributed by atoms with E-state index >= 15 is 0 Å². The number of hydrogen-bond donors (Lipinski definition) is 0. The molecular weight excluding hydrogens is 404 g/mol. The van der Waals surface area contributed by atoms with Crippen molar-refractivity contribution in [3.63, 3.8) is 0 Å². The van der Waals surface area contributed by atoms with E-state index in [1.165, 1.54) is 10.1 Å². The van der Waals surface area contributed by atoms with Crippen molar-refractivity contribution in [1.82, 2.24) is 8.87 Å². The molecule has 0 amide bonds. The Hall–Kier alpha value is -1.96. The first-order valence-corrected chi connectivity index (χ1v) is 12.6. The number of aromatic nitrogens is 1. The van der Waals surface area contributed by atoms with Crippen molar-refractivity contribution in [2.24, 2.45) is 5.92 Å². The molecule has 0 spiro atoms. The maximum Gasteiger partial charge on any atom is 0.250 e. The molecule has 1 aromatic carbocycles. The molecular formula is C22H24N2O3S2. The molecule has 0 radical (unpaired) electrons. The Balaban J connectivity index is 1.62. The first kappa shape index (κ1) is 19.0. The lowest BCUT2D eigenvalue weighted by molar-refractivity contribution is 0.187. The molecule has 1 fully saturated rings. The SMILES string of the molecule is CCCS(=O)(=O)N1C[C@@H]2C[C@H](C1)c1c(-c3cc4ccccc4s3)ccc(=O)n1C2. The van der Waals surface area contributed by atoms with Crippen LogP contribution < -0.4 is 5.56 Å². The molecule has 2 aliphatic rings. The third-order valence-corrected chi connectivity index (χ3v) is 9.26. The quantitative estimate of drug-likeness (QED) is 0.633. The summed E-state index contributed by atoms with van der Waals surface area (Å²) in [7, 11) is -3.24. The van der Waals surface area contributed by atoms with Gasteiger partial charge in [0, 0.05) is 52.5 Å². The first-order valence-electron chi connectivity index (χ1n) is 10.2. The van der Waals surface area contributed by atoms with E-state index in [-0.39, 0.29) is 23.1 Å². The largest absolute Gasteiger partial charge is 0.311 e. The van der Waals surface area contributed by atoms with Gasteiger partial charge in [0.05, 0.1) is 5.75 Å². The Morgan fingerprint density at radius 3 is 2.72 bits per heavy atom. The molecule has 5 nitrogen and oxygen atoms in total. The maximum absolute atomic E-state index is 12.7. The highest BCUT2D eigenvalue weighted by Gasteiger charge is 2.40. The van der Waals surface area contributed by atoms with Gasteiger partial charge in [-0.05, 0) is 42.3 Å². The second kappa shape index (κ2) is 7.07. The highest BCUT2D eigenvalue weighted by Crippen LogP contribution is 2.43. The van der Waals surface area contributed by atoms with Crippen LogP contribution in [0.25, 0.3) is 20.5 Å². The van der Waals surface area contributed by atoms with E-state index in [0.717, 1.165) is 22.6 Å². The lowest BCUT2D eigenvalue weighted by atomic mass is 9.82. The molecule has 7 heteroatoms. The van der Waals surface area contributed by atoms with Crippen molar-refractivity contribution in [3.05, 3.63) is 58.5 Å². The summed E-state index contributed by atoms with van der Waals surface area (Å²) in [5, 5.41) is 1.20. The van der Waals surface area contributed by atoms with Crippen LogP contribution in [0.15, 0.2) is 47.3 Å². The second-order valence-electron chi connectivity index (χ2n) is 8.16. The van der Waals surface area contributed by atoms with Gasteiger partial charge in [-0.2, -0.15) is 0 Å². The highest BCUT2D eigenvalue weighted by molar-refractivity contribution is 7.89. The van der Waals surface area contributed by atoms with E-state index in [0.29, 0.717) is 26.1 Å². The zero-order valence-corrected chi connectivity index (χ0v) is 18.0. The fourth-order valence-corrected chi connectivity index (χ4v) is 7.62. The molecule has 2 aromatic heterocycles. The molecule has 0 N–H and O–H groups in total. The predicted molar refractivity (Wildman–Crippen MR) is 118 cm³/mol. The zero-order chi connectivity index (χ0) is 20.2. The smallest absolute Gasteiger partial charge is 0.250 e. The monoisotopic (exact) mass is 428 g/mol. The molecule has 0 aliphatic carbocycles. The van der Waals surface area contributed by atoms with Gasteiger partial charge >= 0.3 is 0 Å². The van der Waals surface area contributed by atoms with Gasteiger partial charge in [0.25, 0.3) is 5.56 Å². The standard InChI is InChI=1S/C22H24N2O3S2/c1-2-9-29(26,27)23-12-15-10-17(14-23)22-18(7-8-21(25)24(22)13-15)20-11-16-5-3-4-6-19(16)28-20/h3-8,11,15,17H,2,9-10,12-14H2,1H3/t15-,17+/m0/s1. The van der Waals surface area contributed by atoms with E-state index in [9.17, 15) is 13.2 Å². The normalized spacial score (nSPS) is 22.0. The summed E-state index contributed by atoms with van der Waals surface area (Å²) in [6.07, 6.45) is 1.57. The molecule has 152 valence electrons. The molecule has 0 unspecified atom stereocenters. The molecule has 2 atom stereocenters. The van der Waals surface area contributed by atoms with Gasteiger partial charge in [-0.1, -0.05) is 25.1 Å². The number of hydrogen-bond acceptors (Lipinski definition) is 4. The summed E-state index contributed by atoms with van der Waals surface area (Å²) in [6, 6.07) is 14.1. The Labute approximate surface area is 174 Å². The molecule has 3 aromatic rings. The number of pyridine rings is 1. The lowest BCUT2D eigenvalue weighted by Gasteiger charge is -2.42. The van der Waals surface area contributed by atoms with Crippen molar-refractivity contribution in [2.75, 3.05) is 18.8 Å². The number of rotatable bonds is 4. The van der Waals surface area contributed by atoms with Crippen molar-refractivity contribution in [3.8, 4) is 10.4 Å². The summed E-state index contributed by atoms with van der Waals surface area (Å²) >= 11 is 1.73. The fourth-order valence-electron chi connectivity index (χ4n) is 4.91. The molecule has 29 heavy (non-hydrogen) atoms. The Kier molecular flexibility index (Phi) is 4.64. The molecule has 2 bridgehead atoms. The van der Waals surface area contributed by atoms with Crippen molar-refractivity contribution in [1.29, 1.82) is 0 Å². The average molecular weight is 429 g/mol. The topological polar surface area (TPSA) is 59.4 Å². The Bertz CT molecular complexity index is 1210. The van der Waals surface area contributed by atoms with Gasteiger partial charge < -0.3 is 4.57 Å². The van der Waals surface area contributed by atoms with Crippen LogP contribution in [-0.4, -0.2) is 36.1 Å². The Morgan fingerprint density at radius 1 is 1.10 bits per heavy atom. The van der Waals surface area contributed by atoms with Crippen LogP contribution in [0.4, 0.5) is 0 Å².